The van der Waals surface area contributed by atoms with Crippen molar-refractivity contribution in [2.24, 2.45) is 10.8 Å². The zero-order chi connectivity index (χ0) is 29.8. The third kappa shape index (κ3) is 5.71. The van der Waals surface area contributed by atoms with Crippen molar-refractivity contribution >= 4 is 27.5 Å². The van der Waals surface area contributed by atoms with Crippen LogP contribution in [0, 0.1) is 16.6 Å². The maximum atomic E-state index is 13.8. The molecule has 0 unspecified atom stereocenters. The van der Waals surface area contributed by atoms with Gasteiger partial charge in [-0.1, -0.05) is 61.0 Å². The van der Waals surface area contributed by atoms with Crippen molar-refractivity contribution in [2.45, 2.75) is 72.4 Å². The maximum Gasteiger partial charge on any atom is 0.162 e. The summed E-state index contributed by atoms with van der Waals surface area (Å²) >= 11 is 3.62. The van der Waals surface area contributed by atoms with Crippen LogP contribution in [-0.2, 0) is 22.7 Å². The van der Waals surface area contributed by atoms with Crippen LogP contribution in [0.5, 0.6) is 5.75 Å². The van der Waals surface area contributed by atoms with Gasteiger partial charge in [-0.2, -0.15) is 0 Å². The molecule has 0 fully saturated rings. The van der Waals surface area contributed by atoms with Crippen LogP contribution in [0.2, 0.25) is 0 Å². The highest BCUT2D eigenvalue weighted by Crippen LogP contribution is 2.52. The van der Waals surface area contributed by atoms with Gasteiger partial charge < -0.3 is 10.1 Å². The van der Waals surface area contributed by atoms with Gasteiger partial charge in [0.1, 0.15) is 23.9 Å². The zero-order valence-electron chi connectivity index (χ0n) is 24.3. The van der Waals surface area contributed by atoms with Crippen molar-refractivity contribution < 1.29 is 18.7 Å². The maximum absolute atomic E-state index is 13.8. The van der Waals surface area contributed by atoms with E-state index in [4.69, 9.17) is 4.74 Å². The molecule has 0 saturated heterocycles. The van der Waals surface area contributed by atoms with Crippen LogP contribution in [0.1, 0.15) is 76.1 Å². The summed E-state index contributed by atoms with van der Waals surface area (Å²) in [6, 6.07) is 12.1. The Balaban J connectivity index is 1.35. The number of dihydropyridines is 1. The van der Waals surface area contributed by atoms with Crippen LogP contribution in [-0.4, -0.2) is 26.6 Å². The number of aromatic nitrogens is 3. The largest absolute Gasteiger partial charge is 0.487 e. The fourth-order valence-corrected chi connectivity index (χ4v) is 6.91. The van der Waals surface area contributed by atoms with E-state index in [0.29, 0.717) is 42.0 Å². The monoisotopic (exact) mass is 632 g/mol. The molecule has 0 bridgehead atoms. The second-order valence-electron chi connectivity index (χ2n) is 13.2. The highest BCUT2D eigenvalue weighted by molar-refractivity contribution is 9.10. The fourth-order valence-electron chi connectivity index (χ4n) is 6.53. The molecule has 218 valence electrons. The zero-order valence-corrected chi connectivity index (χ0v) is 25.8. The van der Waals surface area contributed by atoms with Crippen molar-refractivity contribution in [3.05, 3.63) is 98.3 Å². The van der Waals surface area contributed by atoms with Gasteiger partial charge >= 0.3 is 0 Å². The minimum atomic E-state index is -0.514. The molecule has 1 aliphatic heterocycles. The van der Waals surface area contributed by atoms with E-state index in [9.17, 15) is 14.0 Å². The minimum absolute atomic E-state index is 0.0640. The molecule has 3 aliphatic rings. The summed E-state index contributed by atoms with van der Waals surface area (Å²) in [5.41, 5.74) is 4.99. The minimum Gasteiger partial charge on any atom is -0.487 e. The molecule has 42 heavy (non-hydrogen) atoms. The second kappa shape index (κ2) is 10.6. The number of nitrogens with zero attached hydrogens (tertiary/aromatic N) is 3. The molecule has 2 aliphatic carbocycles. The first kappa shape index (κ1) is 28.5. The Morgan fingerprint density at radius 1 is 0.976 bits per heavy atom. The van der Waals surface area contributed by atoms with Crippen LogP contribution in [0.4, 0.5) is 4.39 Å². The van der Waals surface area contributed by atoms with E-state index >= 15 is 0 Å². The summed E-state index contributed by atoms with van der Waals surface area (Å²) in [5.74, 6) is -0.102. The average molecular weight is 634 g/mol. The van der Waals surface area contributed by atoms with Gasteiger partial charge in [-0.3, -0.25) is 9.59 Å². The Bertz CT molecular complexity index is 1620. The number of nitrogens with one attached hydrogen (secondary N) is 1. The summed E-state index contributed by atoms with van der Waals surface area (Å²) in [6.07, 6.45) is 4.08. The molecule has 3 aromatic rings. The molecule has 0 atom stereocenters. The van der Waals surface area contributed by atoms with Gasteiger partial charge in [0.25, 0.3) is 0 Å². The molecular weight excluding hydrogens is 599 g/mol. The topological polar surface area (TPSA) is 86.1 Å². The average Bonchev–Trinajstić information content (AvgIpc) is 3.32. The van der Waals surface area contributed by atoms with Gasteiger partial charge in [0.2, 0.25) is 0 Å². The van der Waals surface area contributed by atoms with E-state index in [2.05, 4.69) is 59.3 Å². The molecular formula is C33H34BrFN4O3. The lowest BCUT2D eigenvalue weighted by Crippen LogP contribution is -2.42. The first-order valence-corrected chi connectivity index (χ1v) is 15.0. The fraction of sp³-hybridized carbons (Fsp3) is 0.394. The molecule has 0 radical (unpaired) electrons. The number of hydrogen-bond acceptors (Lipinski definition) is 6. The van der Waals surface area contributed by atoms with Crippen LogP contribution in [0.3, 0.4) is 0 Å². The predicted molar refractivity (Wildman–Crippen MR) is 160 cm³/mol. The van der Waals surface area contributed by atoms with Gasteiger partial charge in [0.05, 0.1) is 12.7 Å². The predicted octanol–water partition coefficient (Wildman–Crippen LogP) is 6.78. The summed E-state index contributed by atoms with van der Waals surface area (Å²) < 4.78 is 22.4. The molecule has 9 heteroatoms. The number of Topliss-reactive ketones (excluding diaryl/α,β-unsaturated/α-hetero) is 2. The van der Waals surface area contributed by atoms with Gasteiger partial charge in [0.15, 0.2) is 11.6 Å². The lowest BCUT2D eigenvalue weighted by molar-refractivity contribution is -0.119. The molecule has 7 nitrogen and oxygen atoms in total. The van der Waals surface area contributed by atoms with E-state index in [1.807, 2.05) is 24.3 Å². The molecule has 2 aromatic carbocycles. The number of ketones is 2. The Labute approximate surface area is 253 Å². The number of rotatable bonds is 6. The van der Waals surface area contributed by atoms with Crippen molar-refractivity contribution in [3.63, 3.8) is 0 Å². The number of hydrogen-bond donors (Lipinski definition) is 1. The van der Waals surface area contributed by atoms with Crippen LogP contribution in [0.25, 0.3) is 0 Å². The molecule has 0 amide bonds. The van der Waals surface area contributed by atoms with E-state index in [0.717, 1.165) is 39.8 Å². The van der Waals surface area contributed by atoms with Gasteiger partial charge in [-0.15, -0.1) is 5.10 Å². The molecule has 2 heterocycles. The molecule has 1 N–H and O–H groups in total. The lowest BCUT2D eigenvalue weighted by atomic mass is 9.64. The third-order valence-corrected chi connectivity index (χ3v) is 8.69. The third-order valence-electron chi connectivity index (χ3n) is 8.20. The van der Waals surface area contributed by atoms with Crippen LogP contribution < -0.4 is 10.1 Å². The number of halogens is 2. The van der Waals surface area contributed by atoms with E-state index in [1.54, 1.807) is 16.9 Å². The van der Waals surface area contributed by atoms with Crippen molar-refractivity contribution in [3.8, 4) is 5.75 Å². The summed E-state index contributed by atoms with van der Waals surface area (Å²) in [4.78, 5) is 27.5. The van der Waals surface area contributed by atoms with Gasteiger partial charge in [-0.05, 0) is 59.6 Å². The second-order valence-corrected chi connectivity index (χ2v) is 14.1. The molecule has 0 spiro atoms. The molecule has 1 aromatic heterocycles. The SMILES string of the molecule is CC1(C)CC(=O)C2=C(C1)NC1=C(C(=O)CC(C)(C)C1)C2c1cc(Br)ccc1OCc1cn(Cc2cccc(F)c2)nn1. The lowest BCUT2D eigenvalue weighted by Gasteiger charge is -2.44. The van der Waals surface area contributed by atoms with Crippen molar-refractivity contribution in [1.82, 2.24) is 20.3 Å². The van der Waals surface area contributed by atoms with Crippen LogP contribution >= 0.6 is 15.9 Å². The summed E-state index contributed by atoms with van der Waals surface area (Å²) in [7, 11) is 0. The number of allylic oxidation sites excluding steroid dienone is 4. The highest BCUT2D eigenvalue weighted by Gasteiger charge is 2.47. The molecule has 0 saturated carbocycles. The van der Waals surface area contributed by atoms with Crippen molar-refractivity contribution in [1.29, 1.82) is 0 Å². The Morgan fingerprint density at radius 3 is 2.29 bits per heavy atom. The standard InChI is InChI=1S/C33H34BrFN4O3/c1-32(2)12-24-30(26(40)14-32)29(31-25(36-24)13-33(3,4)15-27(31)41)23-11-20(34)8-9-28(23)42-18-22-17-39(38-37-22)16-19-6-5-7-21(35)10-19/h5-11,17,29,36H,12-16,18H2,1-4H3. The number of benzene rings is 2. The number of carbonyl (C=O) groups excluding carboxylic acids is 2. The van der Waals surface area contributed by atoms with E-state index in [1.165, 1.54) is 12.1 Å². The van der Waals surface area contributed by atoms with Crippen molar-refractivity contribution in [2.75, 3.05) is 0 Å². The quantitative estimate of drug-likeness (QED) is 0.322. The first-order chi connectivity index (χ1) is 19.9. The normalized spacial score (nSPS) is 19.9. The van der Waals surface area contributed by atoms with Gasteiger partial charge in [0, 0.05) is 51.3 Å². The summed E-state index contributed by atoms with van der Waals surface area (Å²) in [6.45, 7) is 8.97. The summed E-state index contributed by atoms with van der Waals surface area (Å²) in [5, 5.41) is 12.0. The smallest absolute Gasteiger partial charge is 0.162 e. The van der Waals surface area contributed by atoms with E-state index < -0.39 is 5.92 Å². The Hall–Kier alpha value is -3.59. The van der Waals surface area contributed by atoms with E-state index in [-0.39, 0.29) is 34.8 Å². The Kier molecular flexibility index (Phi) is 7.20. The first-order valence-electron chi connectivity index (χ1n) is 14.2. The highest BCUT2D eigenvalue weighted by atomic mass is 79.9. The molecule has 6 rings (SSSR count). The van der Waals surface area contributed by atoms with Gasteiger partial charge in [-0.25, -0.2) is 9.07 Å². The number of carbonyl (C=O) groups is 2. The van der Waals surface area contributed by atoms with Crippen LogP contribution in [0.15, 0.2) is 75.7 Å². The number of ether oxygens (including phenoxy) is 1. The Morgan fingerprint density at radius 2 is 1.64 bits per heavy atom.